The average molecular weight is 467 g/mol. The highest BCUT2D eigenvalue weighted by Gasteiger charge is 2.40. The summed E-state index contributed by atoms with van der Waals surface area (Å²) in [4.78, 5) is 40.3. The molecule has 0 saturated carbocycles. The van der Waals surface area contributed by atoms with Gasteiger partial charge in [-0.2, -0.15) is 0 Å². The molecule has 7 heteroatoms. The lowest BCUT2D eigenvalue weighted by atomic mass is 9.84. The predicted octanol–water partition coefficient (Wildman–Crippen LogP) is 5.50. The van der Waals surface area contributed by atoms with Crippen molar-refractivity contribution in [3.63, 3.8) is 0 Å². The fourth-order valence-electron chi connectivity index (χ4n) is 4.28. The molecule has 0 aliphatic carbocycles. The quantitative estimate of drug-likeness (QED) is 0.588. The molecule has 1 N–H and O–H groups in total. The van der Waals surface area contributed by atoms with Crippen LogP contribution in [0.15, 0.2) is 48.5 Å². The zero-order valence-corrected chi connectivity index (χ0v) is 20.6. The van der Waals surface area contributed by atoms with E-state index in [1.165, 1.54) is 0 Å². The lowest BCUT2D eigenvalue weighted by Gasteiger charge is -2.40. The maximum Gasteiger partial charge on any atom is 0.412 e. The molecule has 2 atom stereocenters. The third-order valence-electron chi connectivity index (χ3n) is 5.75. The van der Waals surface area contributed by atoms with E-state index < -0.39 is 23.7 Å². The summed E-state index contributed by atoms with van der Waals surface area (Å²) in [5, 5.41) is 2.72. The van der Waals surface area contributed by atoms with Gasteiger partial charge in [-0.05, 0) is 76.8 Å². The van der Waals surface area contributed by atoms with Gasteiger partial charge in [0.05, 0.1) is 18.6 Å². The van der Waals surface area contributed by atoms with Gasteiger partial charge >= 0.3 is 12.1 Å². The van der Waals surface area contributed by atoms with Crippen molar-refractivity contribution in [2.75, 3.05) is 18.5 Å². The number of likely N-dealkylation sites (tertiary alicyclic amines) is 1. The first-order valence-corrected chi connectivity index (χ1v) is 11.7. The Morgan fingerprint density at radius 1 is 1.06 bits per heavy atom. The molecule has 1 fully saturated rings. The molecular weight excluding hydrogens is 432 g/mol. The number of rotatable bonds is 5. The first-order valence-electron chi connectivity index (χ1n) is 11.7. The van der Waals surface area contributed by atoms with Gasteiger partial charge in [0.25, 0.3) is 5.91 Å². The minimum atomic E-state index is -0.602. The molecule has 2 aromatic rings. The Hall–Kier alpha value is -3.35. The molecule has 1 aliphatic rings. The molecule has 182 valence electrons. The Balaban J connectivity index is 1.91. The fraction of sp³-hybridized carbons (Fsp3) is 0.444. The summed E-state index contributed by atoms with van der Waals surface area (Å²) in [6, 6.07) is 14.2. The van der Waals surface area contributed by atoms with Crippen LogP contribution in [-0.2, 0) is 14.3 Å². The van der Waals surface area contributed by atoms with Crippen LogP contribution in [0.25, 0.3) is 0 Å². The van der Waals surface area contributed by atoms with Crippen molar-refractivity contribution in [2.45, 2.75) is 59.1 Å². The van der Waals surface area contributed by atoms with Crippen molar-refractivity contribution in [3.8, 4) is 0 Å². The van der Waals surface area contributed by atoms with E-state index in [4.69, 9.17) is 9.47 Å². The Morgan fingerprint density at radius 3 is 2.35 bits per heavy atom. The number of hydrogen-bond donors (Lipinski definition) is 1. The van der Waals surface area contributed by atoms with Gasteiger partial charge in [-0.25, -0.2) is 4.79 Å². The van der Waals surface area contributed by atoms with Crippen LogP contribution < -0.4 is 5.32 Å². The predicted molar refractivity (Wildman–Crippen MR) is 131 cm³/mol. The highest BCUT2D eigenvalue weighted by molar-refractivity contribution is 5.96. The van der Waals surface area contributed by atoms with Gasteiger partial charge in [0.15, 0.2) is 0 Å². The van der Waals surface area contributed by atoms with Crippen LogP contribution in [0, 0.1) is 12.8 Å². The maximum atomic E-state index is 13.6. The summed E-state index contributed by atoms with van der Waals surface area (Å²) in [5.74, 6) is -0.870. The molecule has 34 heavy (non-hydrogen) atoms. The molecule has 2 amide bonds. The number of carbonyl (C=O) groups is 3. The summed E-state index contributed by atoms with van der Waals surface area (Å²) in [6.45, 7) is 9.92. The second-order valence-electron chi connectivity index (χ2n) is 9.51. The summed E-state index contributed by atoms with van der Waals surface area (Å²) in [7, 11) is 0. The lowest BCUT2D eigenvalue weighted by Crippen LogP contribution is -2.45. The second-order valence-corrected chi connectivity index (χ2v) is 9.51. The van der Waals surface area contributed by atoms with Gasteiger partial charge in [-0.15, -0.1) is 0 Å². The van der Waals surface area contributed by atoms with Crippen molar-refractivity contribution in [1.29, 1.82) is 0 Å². The number of hydrogen-bond acceptors (Lipinski definition) is 5. The largest absolute Gasteiger partial charge is 0.466 e. The van der Waals surface area contributed by atoms with Gasteiger partial charge in [0.2, 0.25) is 0 Å². The number of amides is 2. The third-order valence-corrected chi connectivity index (χ3v) is 5.75. The SMILES string of the molecule is CCOC(=O)C1CCCN(C(=O)c2ccccc2C)[C@H]1c1ccc(NC(=O)OC(C)(C)C)cc1. The minimum Gasteiger partial charge on any atom is -0.466 e. The monoisotopic (exact) mass is 466 g/mol. The average Bonchev–Trinajstić information content (AvgIpc) is 2.78. The molecule has 3 rings (SSSR count). The smallest absolute Gasteiger partial charge is 0.412 e. The number of anilines is 1. The third kappa shape index (κ3) is 6.16. The summed E-state index contributed by atoms with van der Waals surface area (Å²) in [5.41, 5.74) is 2.30. The number of piperidine rings is 1. The lowest BCUT2D eigenvalue weighted by molar-refractivity contribution is -0.151. The second kappa shape index (κ2) is 10.7. The molecule has 0 bridgehead atoms. The summed E-state index contributed by atoms with van der Waals surface area (Å²) in [6.07, 6.45) is 0.813. The van der Waals surface area contributed by atoms with Crippen LogP contribution in [0.5, 0.6) is 0 Å². The van der Waals surface area contributed by atoms with Crippen molar-refractivity contribution in [1.82, 2.24) is 4.90 Å². The first-order chi connectivity index (χ1) is 16.1. The number of aryl methyl sites for hydroxylation is 1. The van der Waals surface area contributed by atoms with Crippen molar-refractivity contribution in [3.05, 3.63) is 65.2 Å². The zero-order chi connectivity index (χ0) is 24.9. The number of benzene rings is 2. The minimum absolute atomic E-state index is 0.104. The molecule has 1 heterocycles. The molecule has 1 aliphatic heterocycles. The number of ether oxygens (including phenoxy) is 2. The molecule has 0 aromatic heterocycles. The van der Waals surface area contributed by atoms with E-state index in [1.54, 1.807) is 44.7 Å². The Kier molecular flexibility index (Phi) is 7.97. The van der Waals surface area contributed by atoms with Crippen molar-refractivity contribution >= 4 is 23.7 Å². The van der Waals surface area contributed by atoms with Gasteiger partial charge in [0.1, 0.15) is 5.60 Å². The van der Waals surface area contributed by atoms with E-state index in [0.29, 0.717) is 24.2 Å². The van der Waals surface area contributed by atoms with E-state index in [1.807, 2.05) is 43.3 Å². The molecule has 1 unspecified atom stereocenters. The van der Waals surface area contributed by atoms with Crippen LogP contribution in [0.2, 0.25) is 0 Å². The van der Waals surface area contributed by atoms with Crippen LogP contribution in [0.3, 0.4) is 0 Å². The van der Waals surface area contributed by atoms with Crippen LogP contribution >= 0.6 is 0 Å². The number of carbonyl (C=O) groups excluding carboxylic acids is 3. The van der Waals surface area contributed by atoms with Gasteiger partial charge < -0.3 is 14.4 Å². The Labute approximate surface area is 201 Å². The van der Waals surface area contributed by atoms with Crippen molar-refractivity contribution in [2.24, 2.45) is 5.92 Å². The molecule has 1 saturated heterocycles. The Bertz CT molecular complexity index is 1030. The zero-order valence-electron chi connectivity index (χ0n) is 20.6. The standard InChI is InChI=1S/C27H34N2O5/c1-6-33-25(31)22-12-9-17-29(24(30)21-11-8-7-10-18(21)2)23(22)19-13-15-20(16-14-19)28-26(32)34-27(3,4)5/h7-8,10-11,13-16,22-23H,6,9,12,17H2,1-5H3,(H,28,32)/t22?,23-/m0/s1. The number of nitrogens with one attached hydrogen (secondary N) is 1. The summed E-state index contributed by atoms with van der Waals surface area (Å²) >= 11 is 0. The topological polar surface area (TPSA) is 84.9 Å². The van der Waals surface area contributed by atoms with E-state index >= 15 is 0 Å². The first kappa shape index (κ1) is 25.3. The van der Waals surface area contributed by atoms with Gasteiger partial charge in [-0.3, -0.25) is 14.9 Å². The maximum absolute atomic E-state index is 13.6. The number of esters is 1. The fourth-order valence-corrected chi connectivity index (χ4v) is 4.28. The van der Waals surface area contributed by atoms with Crippen LogP contribution in [0.1, 0.15) is 68.1 Å². The van der Waals surface area contributed by atoms with Crippen LogP contribution in [0.4, 0.5) is 10.5 Å². The van der Waals surface area contributed by atoms with Crippen molar-refractivity contribution < 1.29 is 23.9 Å². The highest BCUT2D eigenvalue weighted by Crippen LogP contribution is 2.38. The molecule has 0 radical (unpaired) electrons. The number of nitrogens with zero attached hydrogens (tertiary/aromatic N) is 1. The Morgan fingerprint density at radius 2 is 1.74 bits per heavy atom. The molecular formula is C27H34N2O5. The highest BCUT2D eigenvalue weighted by atomic mass is 16.6. The van der Waals surface area contributed by atoms with E-state index in [-0.39, 0.29) is 18.5 Å². The molecule has 2 aromatic carbocycles. The summed E-state index contributed by atoms with van der Waals surface area (Å²) < 4.78 is 10.7. The van der Waals surface area contributed by atoms with E-state index in [2.05, 4.69) is 5.32 Å². The van der Waals surface area contributed by atoms with Gasteiger partial charge in [-0.1, -0.05) is 30.3 Å². The normalized spacial score (nSPS) is 18.2. The molecule has 7 nitrogen and oxygen atoms in total. The van der Waals surface area contributed by atoms with E-state index in [0.717, 1.165) is 17.5 Å². The van der Waals surface area contributed by atoms with E-state index in [9.17, 15) is 14.4 Å². The van der Waals surface area contributed by atoms with Gasteiger partial charge in [0, 0.05) is 17.8 Å². The molecule has 0 spiro atoms. The van der Waals surface area contributed by atoms with Crippen LogP contribution in [-0.4, -0.2) is 41.6 Å².